The van der Waals surface area contributed by atoms with Gasteiger partial charge < -0.3 is 4.48 Å². The highest BCUT2D eigenvalue weighted by Crippen LogP contribution is 2.40. The van der Waals surface area contributed by atoms with Crippen molar-refractivity contribution in [2.24, 2.45) is 0 Å². The molecule has 7 heteroatoms. The maximum absolute atomic E-state index is 12.4. The number of rotatable bonds is 5. The third-order valence-corrected chi connectivity index (χ3v) is 6.58. The van der Waals surface area contributed by atoms with Gasteiger partial charge in [-0.3, -0.25) is 14.5 Å². The van der Waals surface area contributed by atoms with Crippen LogP contribution in [0.4, 0.5) is 0 Å². The number of thioether (sulfide) groups is 2. The number of nitrogens with zero attached hydrogens (tertiary/aromatic N) is 2. The average molecular weight is 430 g/mol. The predicted molar refractivity (Wildman–Crippen MR) is 106 cm³/mol. The molecule has 0 N–H and O–H groups in total. The first-order valence-corrected chi connectivity index (χ1v) is 9.67. The zero-order chi connectivity index (χ0) is 16.4. The average Bonchev–Trinajstić information content (AvgIpc) is 2.78. The third kappa shape index (κ3) is 4.25. The lowest BCUT2D eigenvalue weighted by Gasteiger charge is -2.31. The Hall–Kier alpha value is -0.760. The molecule has 2 amide bonds. The fourth-order valence-electron chi connectivity index (χ4n) is 2.80. The van der Waals surface area contributed by atoms with Crippen LogP contribution >= 0.6 is 40.5 Å². The van der Waals surface area contributed by atoms with Crippen molar-refractivity contribution >= 4 is 52.3 Å². The van der Waals surface area contributed by atoms with Crippen LogP contribution in [-0.4, -0.2) is 59.9 Å². The second-order valence-corrected chi connectivity index (χ2v) is 8.63. The molecule has 0 spiro atoms. The summed E-state index contributed by atoms with van der Waals surface area (Å²) in [5.41, 5.74) is 1.26. The molecule has 4 nitrogen and oxygen atoms in total. The molecule has 0 saturated carbocycles. The molecule has 0 bridgehead atoms. The highest BCUT2D eigenvalue weighted by atomic mass is 79.9. The molecule has 3 rings (SSSR count). The standard InChI is InChI=1S/C17H21N2O2S2.BrH/c1-19(2,12-13-6-4-3-5-7-13)9-8-18-16(20)14-15(17(18)21)23-11-10-22-14;/h3-7H,8-12H2,1-2H3;1H/q+1;. The number of hydrogen-bond donors (Lipinski definition) is 0. The molecule has 0 radical (unpaired) electrons. The van der Waals surface area contributed by atoms with Gasteiger partial charge in [-0.2, -0.15) is 0 Å². The van der Waals surface area contributed by atoms with E-state index in [0.29, 0.717) is 16.4 Å². The van der Waals surface area contributed by atoms with E-state index >= 15 is 0 Å². The molecule has 1 aromatic rings. The van der Waals surface area contributed by atoms with Crippen LogP contribution in [0, 0.1) is 0 Å². The molecule has 130 valence electrons. The lowest BCUT2D eigenvalue weighted by atomic mass is 10.2. The van der Waals surface area contributed by atoms with Gasteiger partial charge in [0.1, 0.15) is 6.54 Å². The minimum atomic E-state index is -0.0955. The summed E-state index contributed by atoms with van der Waals surface area (Å²) in [6.07, 6.45) is 0. The second kappa shape index (κ2) is 8.08. The van der Waals surface area contributed by atoms with Gasteiger partial charge in [-0.05, 0) is 0 Å². The highest BCUT2D eigenvalue weighted by molar-refractivity contribution is 8.93. The summed E-state index contributed by atoms with van der Waals surface area (Å²) < 4.78 is 0.742. The molecule has 2 heterocycles. The minimum Gasteiger partial charge on any atom is -0.323 e. The topological polar surface area (TPSA) is 37.4 Å². The van der Waals surface area contributed by atoms with E-state index in [1.807, 2.05) is 18.2 Å². The number of carbonyl (C=O) groups is 2. The van der Waals surface area contributed by atoms with Gasteiger partial charge in [-0.15, -0.1) is 40.5 Å². The molecule has 24 heavy (non-hydrogen) atoms. The molecule has 0 fully saturated rings. The number of quaternary nitrogens is 1. The SMILES string of the molecule is Br.C[N+](C)(CCN1C(=O)C2=C(SCCS2)C1=O)Cc1ccccc1. The van der Waals surface area contributed by atoms with Crippen LogP contribution in [0.1, 0.15) is 5.56 Å². The van der Waals surface area contributed by atoms with Crippen molar-refractivity contribution in [3.8, 4) is 0 Å². The van der Waals surface area contributed by atoms with Gasteiger partial charge in [-0.1, -0.05) is 30.3 Å². The van der Waals surface area contributed by atoms with Crippen LogP contribution < -0.4 is 0 Å². The first kappa shape index (κ1) is 19.6. The number of hydrogen-bond acceptors (Lipinski definition) is 4. The van der Waals surface area contributed by atoms with Gasteiger partial charge in [0.05, 0.1) is 37.0 Å². The predicted octanol–water partition coefficient (Wildman–Crippen LogP) is 2.90. The van der Waals surface area contributed by atoms with Gasteiger partial charge in [0.15, 0.2) is 0 Å². The molecule has 0 unspecified atom stereocenters. The maximum Gasteiger partial charge on any atom is 0.268 e. The molecule has 2 aliphatic heterocycles. The van der Waals surface area contributed by atoms with Crippen molar-refractivity contribution in [3.05, 3.63) is 45.7 Å². The quantitative estimate of drug-likeness (QED) is 0.532. The van der Waals surface area contributed by atoms with Crippen LogP contribution in [0.25, 0.3) is 0 Å². The van der Waals surface area contributed by atoms with E-state index in [-0.39, 0.29) is 28.8 Å². The molecule has 0 atom stereocenters. The Morgan fingerprint density at radius 2 is 1.54 bits per heavy atom. The van der Waals surface area contributed by atoms with E-state index in [0.717, 1.165) is 29.1 Å². The summed E-state index contributed by atoms with van der Waals surface area (Å²) in [7, 11) is 4.27. The Morgan fingerprint density at radius 1 is 1.00 bits per heavy atom. The van der Waals surface area contributed by atoms with Crippen LogP contribution in [0.2, 0.25) is 0 Å². The molecule has 0 aromatic heterocycles. The van der Waals surface area contributed by atoms with Gasteiger partial charge in [-0.25, -0.2) is 0 Å². The maximum atomic E-state index is 12.4. The fraction of sp³-hybridized carbons (Fsp3) is 0.412. The van der Waals surface area contributed by atoms with E-state index in [9.17, 15) is 9.59 Å². The van der Waals surface area contributed by atoms with Crippen LogP contribution in [0.3, 0.4) is 0 Å². The Morgan fingerprint density at radius 3 is 2.08 bits per heavy atom. The highest BCUT2D eigenvalue weighted by Gasteiger charge is 2.40. The minimum absolute atomic E-state index is 0. The summed E-state index contributed by atoms with van der Waals surface area (Å²) in [5.74, 6) is 1.63. The summed E-state index contributed by atoms with van der Waals surface area (Å²) in [6.45, 7) is 2.11. The number of likely N-dealkylation sites (N-methyl/N-ethyl adjacent to an activating group) is 1. The van der Waals surface area contributed by atoms with Gasteiger partial charge >= 0.3 is 0 Å². The van der Waals surface area contributed by atoms with E-state index in [2.05, 4.69) is 26.2 Å². The van der Waals surface area contributed by atoms with E-state index in [4.69, 9.17) is 0 Å². The first-order valence-electron chi connectivity index (χ1n) is 7.70. The summed E-state index contributed by atoms with van der Waals surface area (Å²) in [5, 5.41) is 0. The Bertz CT molecular complexity index is 634. The number of carbonyl (C=O) groups excluding carboxylic acids is 2. The molecular weight excluding hydrogens is 408 g/mol. The van der Waals surface area contributed by atoms with Crippen LogP contribution in [0.15, 0.2) is 40.1 Å². The Balaban J connectivity index is 0.00000208. The first-order chi connectivity index (χ1) is 11.0. The van der Waals surface area contributed by atoms with Crippen molar-refractivity contribution in [1.82, 2.24) is 4.90 Å². The van der Waals surface area contributed by atoms with Crippen molar-refractivity contribution < 1.29 is 14.1 Å². The third-order valence-electron chi connectivity index (χ3n) is 4.04. The number of amides is 2. The zero-order valence-corrected chi connectivity index (χ0v) is 17.2. The normalized spacial score (nSPS) is 17.8. The largest absolute Gasteiger partial charge is 0.323 e. The second-order valence-electron chi connectivity index (χ2n) is 6.42. The monoisotopic (exact) mass is 429 g/mol. The van der Waals surface area contributed by atoms with E-state index in [1.165, 1.54) is 34.0 Å². The summed E-state index contributed by atoms with van der Waals surface area (Å²) >= 11 is 3.05. The zero-order valence-electron chi connectivity index (χ0n) is 13.9. The lowest BCUT2D eigenvalue weighted by Crippen LogP contribution is -2.46. The fourth-order valence-corrected chi connectivity index (χ4v) is 5.14. The Kier molecular flexibility index (Phi) is 6.59. The van der Waals surface area contributed by atoms with Gasteiger partial charge in [0.2, 0.25) is 0 Å². The molecule has 0 aliphatic carbocycles. The van der Waals surface area contributed by atoms with E-state index in [1.54, 1.807) is 0 Å². The van der Waals surface area contributed by atoms with Crippen LogP contribution in [0.5, 0.6) is 0 Å². The summed E-state index contributed by atoms with van der Waals surface area (Å²) in [6, 6.07) is 10.3. The van der Waals surface area contributed by atoms with Gasteiger partial charge in [0.25, 0.3) is 11.8 Å². The molecular formula is C17H22BrN2O2S2+. The Labute approximate surface area is 162 Å². The summed E-state index contributed by atoms with van der Waals surface area (Å²) in [4.78, 5) is 27.6. The molecule has 1 aromatic carbocycles. The van der Waals surface area contributed by atoms with Crippen molar-refractivity contribution in [2.45, 2.75) is 6.54 Å². The van der Waals surface area contributed by atoms with Crippen LogP contribution in [-0.2, 0) is 16.1 Å². The van der Waals surface area contributed by atoms with Gasteiger partial charge in [0, 0.05) is 17.1 Å². The van der Waals surface area contributed by atoms with Crippen molar-refractivity contribution in [3.63, 3.8) is 0 Å². The number of halogens is 1. The van der Waals surface area contributed by atoms with E-state index < -0.39 is 0 Å². The number of benzene rings is 1. The van der Waals surface area contributed by atoms with Crippen molar-refractivity contribution in [2.75, 3.05) is 38.7 Å². The van der Waals surface area contributed by atoms with Crippen molar-refractivity contribution in [1.29, 1.82) is 0 Å². The molecule has 0 saturated heterocycles. The number of imide groups is 1. The smallest absolute Gasteiger partial charge is 0.268 e. The lowest BCUT2D eigenvalue weighted by molar-refractivity contribution is -0.902. The molecule has 2 aliphatic rings.